The fourth-order valence-electron chi connectivity index (χ4n) is 3.52. The number of rotatable bonds is 4. The fourth-order valence-corrected chi connectivity index (χ4v) is 3.52. The summed E-state index contributed by atoms with van der Waals surface area (Å²) < 4.78 is 15.2. The lowest BCUT2D eigenvalue weighted by Crippen LogP contribution is -2.43. The second-order valence-corrected chi connectivity index (χ2v) is 6.53. The summed E-state index contributed by atoms with van der Waals surface area (Å²) in [5.74, 6) is 0.449. The number of pyridine rings is 1. The smallest absolute Gasteiger partial charge is 0.318 e. The molecule has 0 aliphatic carbocycles. The Kier molecular flexibility index (Phi) is 4.51. The molecule has 0 saturated carbocycles. The van der Waals surface area contributed by atoms with Crippen LogP contribution in [0.3, 0.4) is 0 Å². The molecule has 2 amide bonds. The van der Waals surface area contributed by atoms with Gasteiger partial charge in [0, 0.05) is 18.8 Å². The van der Waals surface area contributed by atoms with Crippen molar-refractivity contribution < 1.29 is 9.18 Å². The topological polar surface area (TPSA) is 62.5 Å². The number of nitrogens with one attached hydrogen (secondary N) is 1. The monoisotopic (exact) mass is 353 g/mol. The molecule has 4 rings (SSSR count). The molecule has 0 radical (unpaired) electrons. The Morgan fingerprint density at radius 1 is 1.23 bits per heavy atom. The van der Waals surface area contributed by atoms with Gasteiger partial charge in [0.15, 0.2) is 11.5 Å². The van der Waals surface area contributed by atoms with E-state index in [4.69, 9.17) is 0 Å². The molecule has 134 valence electrons. The second kappa shape index (κ2) is 7.11. The molecule has 0 spiro atoms. The predicted molar refractivity (Wildman–Crippen MR) is 95.1 cm³/mol. The summed E-state index contributed by atoms with van der Waals surface area (Å²) in [6.45, 7) is 1.03. The van der Waals surface area contributed by atoms with Gasteiger partial charge in [0.25, 0.3) is 0 Å². The van der Waals surface area contributed by atoms with Crippen molar-refractivity contribution in [3.63, 3.8) is 0 Å². The van der Waals surface area contributed by atoms with Gasteiger partial charge in [-0.25, -0.2) is 9.18 Å². The lowest BCUT2D eigenvalue weighted by molar-refractivity contribution is 0.191. The molecule has 26 heavy (non-hydrogen) atoms. The minimum atomic E-state index is -0.241. The number of carbonyl (C=O) groups is 1. The van der Waals surface area contributed by atoms with Gasteiger partial charge in [-0.05, 0) is 49.1 Å². The van der Waals surface area contributed by atoms with Crippen molar-refractivity contribution in [1.29, 1.82) is 0 Å². The molecule has 1 aliphatic rings. The predicted octanol–water partition coefficient (Wildman–Crippen LogP) is 2.79. The number of halogens is 1. The van der Waals surface area contributed by atoms with Crippen molar-refractivity contribution in [2.75, 3.05) is 6.54 Å². The summed E-state index contributed by atoms with van der Waals surface area (Å²) in [6.07, 6.45) is 4.43. The van der Waals surface area contributed by atoms with E-state index in [1.807, 2.05) is 39.8 Å². The van der Waals surface area contributed by atoms with Crippen LogP contribution in [0.1, 0.15) is 24.2 Å². The summed E-state index contributed by atoms with van der Waals surface area (Å²) in [7, 11) is 0. The zero-order valence-corrected chi connectivity index (χ0v) is 14.3. The highest BCUT2D eigenvalue weighted by Gasteiger charge is 2.28. The molecule has 1 saturated heterocycles. The maximum absolute atomic E-state index is 13.4. The van der Waals surface area contributed by atoms with Crippen LogP contribution in [0.25, 0.3) is 5.65 Å². The first-order valence-corrected chi connectivity index (χ1v) is 8.78. The maximum atomic E-state index is 13.4. The SMILES string of the molecule is O=C(NCc1nnc2ccccn12)N1CCC[C@@H]1Cc1cccc(F)c1. The van der Waals surface area contributed by atoms with Crippen molar-refractivity contribution in [2.45, 2.75) is 31.8 Å². The Bertz CT molecular complexity index is 925. The molecule has 1 fully saturated rings. The van der Waals surface area contributed by atoms with E-state index in [1.54, 1.807) is 6.07 Å². The maximum Gasteiger partial charge on any atom is 0.318 e. The minimum Gasteiger partial charge on any atom is -0.331 e. The highest BCUT2D eigenvalue weighted by molar-refractivity contribution is 5.74. The molecule has 7 heteroatoms. The lowest BCUT2D eigenvalue weighted by Gasteiger charge is -2.25. The largest absolute Gasteiger partial charge is 0.331 e. The Morgan fingerprint density at radius 2 is 2.15 bits per heavy atom. The minimum absolute atomic E-state index is 0.0898. The van der Waals surface area contributed by atoms with Gasteiger partial charge in [-0.15, -0.1) is 10.2 Å². The number of carbonyl (C=O) groups excluding carboxylic acids is 1. The Hall–Kier alpha value is -2.96. The number of likely N-dealkylation sites (tertiary alicyclic amines) is 1. The number of urea groups is 1. The zero-order chi connectivity index (χ0) is 17.9. The molecule has 1 atom stereocenters. The molecule has 1 aromatic carbocycles. The van der Waals surface area contributed by atoms with Gasteiger partial charge in [-0.3, -0.25) is 4.40 Å². The van der Waals surface area contributed by atoms with Crippen molar-refractivity contribution >= 4 is 11.7 Å². The van der Waals surface area contributed by atoms with Crippen molar-refractivity contribution in [2.24, 2.45) is 0 Å². The summed E-state index contributed by atoms with van der Waals surface area (Å²) in [4.78, 5) is 14.5. The van der Waals surface area contributed by atoms with E-state index in [0.29, 0.717) is 25.3 Å². The standard InChI is InChI=1S/C19H20FN5O/c20-15-6-3-5-14(11-15)12-16-7-4-10-24(16)19(26)21-13-18-23-22-17-8-1-2-9-25(17)18/h1-3,5-6,8-9,11,16H,4,7,10,12-13H2,(H,21,26)/t16-/m1/s1. The molecule has 3 heterocycles. The summed E-state index contributed by atoms with van der Waals surface area (Å²) in [6, 6.07) is 12.2. The third-order valence-electron chi connectivity index (χ3n) is 4.78. The molecule has 3 aromatic rings. The number of hydrogen-bond donors (Lipinski definition) is 1. The van der Waals surface area contributed by atoms with Crippen LogP contribution in [-0.2, 0) is 13.0 Å². The molecular formula is C19H20FN5O. The average Bonchev–Trinajstić information content (AvgIpc) is 3.27. The molecule has 2 aromatic heterocycles. The van der Waals surface area contributed by atoms with Crippen LogP contribution in [0.2, 0.25) is 0 Å². The van der Waals surface area contributed by atoms with Gasteiger partial charge < -0.3 is 10.2 Å². The van der Waals surface area contributed by atoms with Gasteiger partial charge >= 0.3 is 6.03 Å². The molecule has 0 unspecified atom stereocenters. The molecule has 1 N–H and O–H groups in total. The van der Waals surface area contributed by atoms with Crippen LogP contribution in [0, 0.1) is 5.82 Å². The van der Waals surface area contributed by atoms with Crippen LogP contribution in [0.15, 0.2) is 48.7 Å². The Balaban J connectivity index is 1.40. The van der Waals surface area contributed by atoms with E-state index >= 15 is 0 Å². The number of nitrogens with zero attached hydrogens (tertiary/aromatic N) is 4. The molecule has 1 aliphatic heterocycles. The number of aromatic nitrogens is 3. The van der Waals surface area contributed by atoms with E-state index in [1.165, 1.54) is 12.1 Å². The average molecular weight is 353 g/mol. The quantitative estimate of drug-likeness (QED) is 0.784. The third kappa shape index (κ3) is 3.37. The van der Waals surface area contributed by atoms with Crippen molar-refractivity contribution in [3.05, 3.63) is 65.9 Å². The first-order valence-electron chi connectivity index (χ1n) is 8.78. The van der Waals surface area contributed by atoms with Crippen LogP contribution < -0.4 is 5.32 Å². The van der Waals surface area contributed by atoms with Gasteiger partial charge in [-0.2, -0.15) is 0 Å². The fraction of sp³-hybridized carbons (Fsp3) is 0.316. The van der Waals surface area contributed by atoms with Gasteiger partial charge in [-0.1, -0.05) is 18.2 Å². The van der Waals surface area contributed by atoms with Gasteiger partial charge in [0.05, 0.1) is 6.54 Å². The van der Waals surface area contributed by atoms with Crippen LogP contribution in [0.5, 0.6) is 0 Å². The summed E-state index contributed by atoms with van der Waals surface area (Å²) in [5.41, 5.74) is 1.67. The van der Waals surface area contributed by atoms with Crippen LogP contribution >= 0.6 is 0 Å². The molecular weight excluding hydrogens is 333 g/mol. The highest BCUT2D eigenvalue weighted by Crippen LogP contribution is 2.21. The summed E-state index contributed by atoms with van der Waals surface area (Å²) in [5, 5.41) is 11.1. The first kappa shape index (κ1) is 16.5. The third-order valence-corrected chi connectivity index (χ3v) is 4.78. The normalized spacial score (nSPS) is 17.0. The Labute approximate surface area is 150 Å². The van der Waals surface area contributed by atoms with E-state index in [-0.39, 0.29) is 17.9 Å². The van der Waals surface area contributed by atoms with Crippen molar-refractivity contribution in [1.82, 2.24) is 24.8 Å². The summed E-state index contributed by atoms with van der Waals surface area (Å²) >= 11 is 0. The van der Waals surface area contributed by atoms with E-state index < -0.39 is 0 Å². The van der Waals surface area contributed by atoms with Gasteiger partial charge in [0.1, 0.15) is 5.82 Å². The second-order valence-electron chi connectivity index (χ2n) is 6.53. The molecule has 0 bridgehead atoms. The zero-order valence-electron chi connectivity index (χ0n) is 14.3. The Morgan fingerprint density at radius 3 is 3.04 bits per heavy atom. The lowest BCUT2D eigenvalue weighted by atomic mass is 10.0. The van der Waals surface area contributed by atoms with Crippen LogP contribution in [-0.4, -0.2) is 38.1 Å². The molecule has 6 nitrogen and oxygen atoms in total. The van der Waals surface area contributed by atoms with E-state index in [2.05, 4.69) is 15.5 Å². The first-order chi connectivity index (χ1) is 12.7. The van der Waals surface area contributed by atoms with Crippen LogP contribution in [0.4, 0.5) is 9.18 Å². The highest BCUT2D eigenvalue weighted by atomic mass is 19.1. The van der Waals surface area contributed by atoms with E-state index in [0.717, 1.165) is 24.1 Å². The number of benzene rings is 1. The number of fused-ring (bicyclic) bond motifs is 1. The number of hydrogen-bond acceptors (Lipinski definition) is 3. The van der Waals surface area contributed by atoms with Gasteiger partial charge in [0.2, 0.25) is 0 Å². The number of amides is 2. The van der Waals surface area contributed by atoms with E-state index in [9.17, 15) is 9.18 Å². The van der Waals surface area contributed by atoms with Crippen molar-refractivity contribution in [3.8, 4) is 0 Å².